The number of ether oxygens (including phenoxy) is 1. The quantitative estimate of drug-likeness (QED) is 0.695. The van der Waals surface area contributed by atoms with Gasteiger partial charge in [0.25, 0.3) is 11.8 Å². The normalized spacial score (nSPS) is 14.3. The van der Waals surface area contributed by atoms with Crippen molar-refractivity contribution in [2.75, 3.05) is 17.3 Å². The molecule has 0 radical (unpaired) electrons. The van der Waals surface area contributed by atoms with Crippen molar-refractivity contribution in [2.24, 2.45) is 0 Å². The molecule has 2 aromatic carbocycles. The monoisotopic (exact) mass is 411 g/mol. The number of carbonyl (C=O) groups is 2. The number of aliphatic hydroxyl groups excluding tert-OH is 1. The summed E-state index contributed by atoms with van der Waals surface area (Å²) in [5, 5.41) is 9.23. The van der Waals surface area contributed by atoms with Crippen LogP contribution in [0.25, 0.3) is 5.57 Å². The fourth-order valence-corrected chi connectivity index (χ4v) is 3.98. The molecule has 152 valence electrons. The number of hydrogen-bond donors (Lipinski definition) is 1. The fourth-order valence-electron chi connectivity index (χ4n) is 3.12. The Morgan fingerprint density at radius 3 is 2.28 bits per heavy atom. The second-order valence-electron chi connectivity index (χ2n) is 7.18. The van der Waals surface area contributed by atoms with Gasteiger partial charge in [-0.25, -0.2) is 4.90 Å². The summed E-state index contributed by atoms with van der Waals surface area (Å²) in [5.41, 5.74) is 3.77. The summed E-state index contributed by atoms with van der Waals surface area (Å²) in [7, 11) is 0. The van der Waals surface area contributed by atoms with E-state index < -0.39 is 0 Å². The summed E-state index contributed by atoms with van der Waals surface area (Å²) >= 11 is 1.21. The van der Waals surface area contributed by atoms with Gasteiger partial charge in [0.15, 0.2) is 0 Å². The second kappa shape index (κ2) is 8.84. The standard InChI is InChI=1S/C23H25NO4S/c1-14(2)28-19-9-7-18(8-10-19)24-22(26)20(21(23(24)27)29-12-11-25)17-6-5-15(3)16(4)13-17/h5-10,13-14,25H,11-12H2,1-4H3. The highest BCUT2D eigenvalue weighted by molar-refractivity contribution is 8.04. The van der Waals surface area contributed by atoms with Crippen molar-refractivity contribution in [3.8, 4) is 5.75 Å². The number of aliphatic hydroxyl groups is 1. The number of nitrogens with zero attached hydrogens (tertiary/aromatic N) is 1. The Bertz CT molecular complexity index is 963. The number of rotatable bonds is 7. The van der Waals surface area contributed by atoms with Crippen molar-refractivity contribution >= 4 is 34.8 Å². The Labute approximate surface area is 175 Å². The SMILES string of the molecule is Cc1ccc(C2=C(SCCO)C(=O)N(c3ccc(OC(C)C)cc3)C2=O)cc1C. The minimum atomic E-state index is -0.362. The van der Waals surface area contributed by atoms with Gasteiger partial charge in [-0.2, -0.15) is 0 Å². The van der Waals surface area contributed by atoms with Gasteiger partial charge in [-0.15, -0.1) is 11.8 Å². The van der Waals surface area contributed by atoms with E-state index in [2.05, 4.69) is 0 Å². The maximum Gasteiger partial charge on any atom is 0.272 e. The van der Waals surface area contributed by atoms with Crippen LogP contribution in [0.15, 0.2) is 47.4 Å². The van der Waals surface area contributed by atoms with Crippen LogP contribution in [-0.4, -0.2) is 35.4 Å². The van der Waals surface area contributed by atoms with Crippen LogP contribution in [0, 0.1) is 13.8 Å². The third-order valence-electron chi connectivity index (χ3n) is 4.64. The molecule has 0 aliphatic carbocycles. The Morgan fingerprint density at radius 2 is 1.69 bits per heavy atom. The zero-order valence-electron chi connectivity index (χ0n) is 17.1. The Morgan fingerprint density at radius 1 is 1.00 bits per heavy atom. The summed E-state index contributed by atoms with van der Waals surface area (Å²) < 4.78 is 5.64. The van der Waals surface area contributed by atoms with E-state index in [4.69, 9.17) is 4.74 Å². The number of aryl methyl sites for hydroxylation is 2. The smallest absolute Gasteiger partial charge is 0.272 e. The van der Waals surface area contributed by atoms with E-state index in [1.807, 2.05) is 45.9 Å². The third kappa shape index (κ3) is 4.38. The predicted molar refractivity (Wildman–Crippen MR) is 117 cm³/mol. The van der Waals surface area contributed by atoms with E-state index in [1.54, 1.807) is 24.3 Å². The number of carbonyl (C=O) groups excluding carboxylic acids is 2. The lowest BCUT2D eigenvalue weighted by Gasteiger charge is -2.16. The van der Waals surface area contributed by atoms with Crippen molar-refractivity contribution in [3.05, 3.63) is 64.1 Å². The van der Waals surface area contributed by atoms with E-state index in [1.165, 1.54) is 16.7 Å². The van der Waals surface area contributed by atoms with Crippen LogP contribution >= 0.6 is 11.8 Å². The lowest BCUT2D eigenvalue weighted by molar-refractivity contribution is -0.119. The van der Waals surface area contributed by atoms with E-state index in [0.717, 1.165) is 11.1 Å². The van der Waals surface area contributed by atoms with Crippen molar-refractivity contribution in [1.29, 1.82) is 0 Å². The predicted octanol–water partition coefficient (Wildman–Crippen LogP) is 4.10. The van der Waals surface area contributed by atoms with Gasteiger partial charge in [0.1, 0.15) is 5.75 Å². The number of thioether (sulfide) groups is 1. The van der Waals surface area contributed by atoms with Gasteiger partial charge in [0.05, 0.1) is 28.9 Å². The van der Waals surface area contributed by atoms with Crippen molar-refractivity contribution in [2.45, 2.75) is 33.8 Å². The molecule has 0 bridgehead atoms. The first-order chi connectivity index (χ1) is 13.8. The average molecular weight is 412 g/mol. The molecule has 1 aliphatic heterocycles. The van der Waals surface area contributed by atoms with Gasteiger partial charge >= 0.3 is 0 Å². The molecule has 29 heavy (non-hydrogen) atoms. The summed E-state index contributed by atoms with van der Waals surface area (Å²) in [6.45, 7) is 7.78. The first-order valence-electron chi connectivity index (χ1n) is 9.54. The maximum atomic E-state index is 13.3. The van der Waals surface area contributed by atoms with Gasteiger partial charge in [-0.05, 0) is 68.7 Å². The zero-order chi connectivity index (χ0) is 21.1. The first-order valence-corrected chi connectivity index (χ1v) is 10.5. The van der Waals surface area contributed by atoms with Crippen molar-refractivity contribution in [1.82, 2.24) is 0 Å². The number of benzene rings is 2. The van der Waals surface area contributed by atoms with E-state index in [-0.39, 0.29) is 24.5 Å². The number of anilines is 1. The number of hydrogen-bond acceptors (Lipinski definition) is 5. The number of imide groups is 1. The van der Waals surface area contributed by atoms with E-state index in [0.29, 0.717) is 33.2 Å². The molecule has 0 unspecified atom stereocenters. The molecule has 3 rings (SSSR count). The Balaban J connectivity index is 2.00. The van der Waals surface area contributed by atoms with Crippen LogP contribution in [0.4, 0.5) is 5.69 Å². The molecule has 2 amide bonds. The summed E-state index contributed by atoms with van der Waals surface area (Å²) in [6.07, 6.45) is 0.0374. The molecule has 0 saturated heterocycles. The second-order valence-corrected chi connectivity index (χ2v) is 8.29. The largest absolute Gasteiger partial charge is 0.491 e. The van der Waals surface area contributed by atoms with E-state index in [9.17, 15) is 14.7 Å². The van der Waals surface area contributed by atoms with Crippen molar-refractivity contribution in [3.63, 3.8) is 0 Å². The molecule has 2 aromatic rings. The molecular formula is C23H25NO4S. The average Bonchev–Trinajstić information content (AvgIpc) is 2.92. The summed E-state index contributed by atoms with van der Waals surface area (Å²) in [6, 6.07) is 12.7. The Hall–Kier alpha value is -2.57. The van der Waals surface area contributed by atoms with Gasteiger partial charge in [-0.1, -0.05) is 18.2 Å². The molecular weight excluding hydrogens is 386 g/mol. The van der Waals surface area contributed by atoms with Gasteiger partial charge in [-0.3, -0.25) is 9.59 Å². The van der Waals surface area contributed by atoms with Gasteiger partial charge in [0.2, 0.25) is 0 Å². The maximum absolute atomic E-state index is 13.3. The van der Waals surface area contributed by atoms with Crippen LogP contribution in [0.3, 0.4) is 0 Å². The summed E-state index contributed by atoms with van der Waals surface area (Å²) in [5.74, 6) is 0.313. The van der Waals surface area contributed by atoms with Gasteiger partial charge in [0, 0.05) is 5.75 Å². The van der Waals surface area contributed by atoms with Crippen LogP contribution < -0.4 is 9.64 Å². The van der Waals surface area contributed by atoms with Crippen LogP contribution in [-0.2, 0) is 9.59 Å². The lowest BCUT2D eigenvalue weighted by atomic mass is 10.0. The molecule has 1 aliphatic rings. The minimum Gasteiger partial charge on any atom is -0.491 e. The molecule has 0 fully saturated rings. The molecule has 1 heterocycles. The lowest BCUT2D eigenvalue weighted by Crippen LogP contribution is -2.31. The summed E-state index contributed by atoms with van der Waals surface area (Å²) in [4.78, 5) is 28.0. The highest BCUT2D eigenvalue weighted by Gasteiger charge is 2.40. The molecule has 6 heteroatoms. The molecule has 0 aromatic heterocycles. The minimum absolute atomic E-state index is 0.0374. The van der Waals surface area contributed by atoms with Crippen molar-refractivity contribution < 1.29 is 19.4 Å². The molecule has 1 N–H and O–H groups in total. The van der Waals surface area contributed by atoms with Crippen LogP contribution in [0.2, 0.25) is 0 Å². The molecule has 0 saturated carbocycles. The molecule has 5 nitrogen and oxygen atoms in total. The first kappa shape index (κ1) is 21.1. The van der Waals surface area contributed by atoms with E-state index >= 15 is 0 Å². The zero-order valence-corrected chi connectivity index (χ0v) is 17.9. The highest BCUT2D eigenvalue weighted by atomic mass is 32.2. The fraction of sp³-hybridized carbons (Fsp3) is 0.304. The molecule has 0 spiro atoms. The van der Waals surface area contributed by atoms with Crippen LogP contribution in [0.5, 0.6) is 5.75 Å². The Kier molecular flexibility index (Phi) is 6.45. The van der Waals surface area contributed by atoms with Gasteiger partial charge < -0.3 is 9.84 Å². The van der Waals surface area contributed by atoms with Crippen LogP contribution in [0.1, 0.15) is 30.5 Å². The molecule has 0 atom stereocenters. The number of amides is 2. The highest BCUT2D eigenvalue weighted by Crippen LogP contribution is 2.39. The topological polar surface area (TPSA) is 66.8 Å². The third-order valence-corrected chi connectivity index (χ3v) is 5.70.